The molecule has 0 aliphatic rings. The molecule has 1 heterocycles. The predicted molar refractivity (Wildman–Crippen MR) is 81.1 cm³/mol. The largest absolute Gasteiger partial charge is 0.311 e. The van der Waals surface area contributed by atoms with Crippen LogP contribution in [0.1, 0.15) is 18.7 Å². The molecule has 2 aromatic rings. The zero-order chi connectivity index (χ0) is 13.0. The summed E-state index contributed by atoms with van der Waals surface area (Å²) in [6.07, 6.45) is 0. The Morgan fingerprint density at radius 3 is 2.94 bits per heavy atom. The fraction of sp³-hybridized carbons (Fsp3) is 0.429. The molecule has 18 heavy (non-hydrogen) atoms. The Morgan fingerprint density at radius 2 is 2.22 bits per heavy atom. The van der Waals surface area contributed by atoms with Gasteiger partial charge in [0.15, 0.2) is 0 Å². The predicted octanol–water partition coefficient (Wildman–Crippen LogP) is 4.27. The van der Waals surface area contributed by atoms with Gasteiger partial charge in [-0.1, -0.05) is 19.9 Å². The highest BCUT2D eigenvalue weighted by molar-refractivity contribution is 7.99. The van der Waals surface area contributed by atoms with Gasteiger partial charge in [-0.2, -0.15) is 11.8 Å². The van der Waals surface area contributed by atoms with E-state index < -0.39 is 0 Å². The smallest absolute Gasteiger partial charge is 0.131 e. The standard InChI is InChI=1S/C14H18FNS2/c1-10(2)17-7-6-16-9-11-8-12-13(15)4-3-5-14(12)18-11/h3-5,8,10,16H,6-7,9H2,1-2H3. The van der Waals surface area contributed by atoms with E-state index in [2.05, 4.69) is 19.2 Å². The Hall–Kier alpha value is -0.580. The summed E-state index contributed by atoms with van der Waals surface area (Å²) in [7, 11) is 0. The van der Waals surface area contributed by atoms with E-state index in [1.807, 2.05) is 23.9 Å². The summed E-state index contributed by atoms with van der Waals surface area (Å²) in [5.41, 5.74) is 0. The Kier molecular flexibility index (Phi) is 5.03. The quantitative estimate of drug-likeness (QED) is 0.795. The van der Waals surface area contributed by atoms with Crippen LogP contribution in [0.3, 0.4) is 0 Å². The highest BCUT2D eigenvalue weighted by atomic mass is 32.2. The lowest BCUT2D eigenvalue weighted by Gasteiger charge is -2.05. The average Bonchev–Trinajstić information content (AvgIpc) is 2.72. The third kappa shape index (κ3) is 3.70. The van der Waals surface area contributed by atoms with E-state index in [0.29, 0.717) is 5.25 Å². The third-order valence-corrected chi connectivity index (χ3v) is 4.80. The van der Waals surface area contributed by atoms with Gasteiger partial charge in [-0.3, -0.25) is 0 Å². The van der Waals surface area contributed by atoms with E-state index >= 15 is 0 Å². The molecule has 0 saturated carbocycles. The molecule has 0 aliphatic heterocycles. The van der Waals surface area contributed by atoms with E-state index in [-0.39, 0.29) is 5.82 Å². The summed E-state index contributed by atoms with van der Waals surface area (Å²) in [4.78, 5) is 1.20. The summed E-state index contributed by atoms with van der Waals surface area (Å²) in [5, 5.41) is 4.84. The van der Waals surface area contributed by atoms with Crippen LogP contribution in [0.5, 0.6) is 0 Å². The van der Waals surface area contributed by atoms with Gasteiger partial charge >= 0.3 is 0 Å². The highest BCUT2D eigenvalue weighted by Crippen LogP contribution is 2.27. The SMILES string of the molecule is CC(C)SCCNCc1cc2c(F)cccc2s1. The summed E-state index contributed by atoms with van der Waals surface area (Å²) in [5.74, 6) is 1.00. The molecule has 0 spiro atoms. The van der Waals surface area contributed by atoms with Crippen molar-refractivity contribution in [3.8, 4) is 0 Å². The monoisotopic (exact) mass is 283 g/mol. The number of hydrogen-bond acceptors (Lipinski definition) is 3. The van der Waals surface area contributed by atoms with Gasteiger partial charge in [0.05, 0.1) is 0 Å². The second-order valence-electron chi connectivity index (χ2n) is 4.46. The van der Waals surface area contributed by atoms with E-state index in [1.165, 1.54) is 10.9 Å². The minimum absolute atomic E-state index is 0.120. The number of halogens is 1. The van der Waals surface area contributed by atoms with Crippen LogP contribution in [0, 0.1) is 5.82 Å². The van der Waals surface area contributed by atoms with Gasteiger partial charge in [0.2, 0.25) is 0 Å². The molecule has 0 radical (unpaired) electrons. The van der Waals surface area contributed by atoms with Crippen LogP contribution in [0.25, 0.3) is 10.1 Å². The molecule has 0 aliphatic carbocycles. The first kappa shape index (κ1) is 13.8. The zero-order valence-corrected chi connectivity index (χ0v) is 12.3. The van der Waals surface area contributed by atoms with Crippen molar-refractivity contribution >= 4 is 33.2 Å². The summed E-state index contributed by atoms with van der Waals surface area (Å²) >= 11 is 3.62. The molecule has 0 amide bonds. The summed E-state index contributed by atoms with van der Waals surface area (Å²) < 4.78 is 14.5. The maximum atomic E-state index is 13.5. The van der Waals surface area contributed by atoms with Gasteiger partial charge in [-0.05, 0) is 23.4 Å². The minimum atomic E-state index is -0.120. The van der Waals surface area contributed by atoms with E-state index in [9.17, 15) is 4.39 Å². The van der Waals surface area contributed by atoms with E-state index in [1.54, 1.807) is 17.4 Å². The molecule has 4 heteroatoms. The molecule has 0 fully saturated rings. The molecule has 2 rings (SSSR count). The van der Waals surface area contributed by atoms with Crippen molar-refractivity contribution in [2.24, 2.45) is 0 Å². The Labute approximate surface area is 116 Å². The van der Waals surface area contributed by atoms with Crippen LogP contribution in [0.4, 0.5) is 4.39 Å². The first-order chi connectivity index (χ1) is 8.66. The van der Waals surface area contributed by atoms with Crippen molar-refractivity contribution in [3.63, 3.8) is 0 Å². The summed E-state index contributed by atoms with van der Waals surface area (Å²) in [6, 6.07) is 7.22. The van der Waals surface area contributed by atoms with Gasteiger partial charge in [0, 0.05) is 33.8 Å². The van der Waals surface area contributed by atoms with Crippen molar-refractivity contribution in [1.29, 1.82) is 0 Å². The number of thiophene rings is 1. The van der Waals surface area contributed by atoms with Gasteiger partial charge in [-0.15, -0.1) is 11.3 Å². The van der Waals surface area contributed by atoms with Crippen LogP contribution in [-0.4, -0.2) is 17.5 Å². The van der Waals surface area contributed by atoms with Crippen molar-refractivity contribution < 1.29 is 4.39 Å². The Bertz CT molecular complexity index is 507. The van der Waals surface area contributed by atoms with E-state index in [4.69, 9.17) is 0 Å². The molecule has 0 bridgehead atoms. The molecule has 98 valence electrons. The van der Waals surface area contributed by atoms with Crippen molar-refractivity contribution in [2.75, 3.05) is 12.3 Å². The average molecular weight is 283 g/mol. The second-order valence-corrected chi connectivity index (χ2v) is 7.31. The lowest BCUT2D eigenvalue weighted by molar-refractivity contribution is 0.640. The zero-order valence-electron chi connectivity index (χ0n) is 10.7. The molecule has 0 atom stereocenters. The van der Waals surface area contributed by atoms with Crippen molar-refractivity contribution in [1.82, 2.24) is 5.32 Å². The van der Waals surface area contributed by atoms with Crippen LogP contribution in [0.15, 0.2) is 24.3 Å². The van der Waals surface area contributed by atoms with Gasteiger partial charge in [0.1, 0.15) is 5.82 Å². The minimum Gasteiger partial charge on any atom is -0.311 e. The van der Waals surface area contributed by atoms with Crippen LogP contribution < -0.4 is 5.32 Å². The lowest BCUT2D eigenvalue weighted by atomic mass is 10.2. The fourth-order valence-electron chi connectivity index (χ4n) is 1.74. The van der Waals surface area contributed by atoms with Crippen molar-refractivity contribution in [2.45, 2.75) is 25.6 Å². The van der Waals surface area contributed by atoms with Crippen molar-refractivity contribution in [3.05, 3.63) is 35.0 Å². The summed E-state index contributed by atoms with van der Waals surface area (Å²) in [6.45, 7) is 6.25. The van der Waals surface area contributed by atoms with Crippen LogP contribution in [0.2, 0.25) is 0 Å². The van der Waals surface area contributed by atoms with Gasteiger partial charge in [0.25, 0.3) is 0 Å². The van der Waals surface area contributed by atoms with Crippen LogP contribution in [-0.2, 0) is 6.54 Å². The number of benzene rings is 1. The molecule has 1 nitrogen and oxygen atoms in total. The molecule has 0 saturated heterocycles. The normalized spacial score (nSPS) is 11.6. The number of nitrogens with one attached hydrogen (secondary N) is 1. The molecule has 1 aromatic heterocycles. The molecule has 1 N–H and O–H groups in total. The molecule has 0 unspecified atom stereocenters. The molecule has 1 aromatic carbocycles. The fourth-order valence-corrected chi connectivity index (χ4v) is 3.52. The number of rotatable bonds is 6. The second kappa shape index (κ2) is 6.55. The van der Waals surface area contributed by atoms with E-state index in [0.717, 1.165) is 28.9 Å². The third-order valence-electron chi connectivity index (χ3n) is 2.59. The maximum Gasteiger partial charge on any atom is 0.131 e. The van der Waals surface area contributed by atoms with Gasteiger partial charge in [-0.25, -0.2) is 4.39 Å². The number of fused-ring (bicyclic) bond motifs is 1. The van der Waals surface area contributed by atoms with Gasteiger partial charge < -0.3 is 5.32 Å². The first-order valence-corrected chi connectivity index (χ1v) is 8.02. The highest BCUT2D eigenvalue weighted by Gasteiger charge is 2.05. The number of thioether (sulfide) groups is 1. The lowest BCUT2D eigenvalue weighted by Crippen LogP contribution is -2.16. The Balaban J connectivity index is 1.87. The number of hydrogen-bond donors (Lipinski definition) is 1. The topological polar surface area (TPSA) is 12.0 Å². The first-order valence-electron chi connectivity index (χ1n) is 6.16. The maximum absolute atomic E-state index is 13.5. The molecular weight excluding hydrogens is 265 g/mol. The van der Waals surface area contributed by atoms with Crippen LogP contribution >= 0.6 is 23.1 Å². The molecular formula is C14H18FNS2. The Morgan fingerprint density at radius 1 is 1.39 bits per heavy atom.